The lowest BCUT2D eigenvalue weighted by Gasteiger charge is -2.08. The van der Waals surface area contributed by atoms with Gasteiger partial charge in [0.1, 0.15) is 12.6 Å². The van der Waals surface area contributed by atoms with Crippen molar-refractivity contribution in [3.05, 3.63) is 52.8 Å². The summed E-state index contributed by atoms with van der Waals surface area (Å²) in [6, 6.07) is 3.65. The Morgan fingerprint density at radius 3 is 2.50 bits per heavy atom. The number of hydrogen-bond acceptors (Lipinski definition) is 4. The third-order valence-corrected chi connectivity index (χ3v) is 2.61. The molecule has 80 valence electrons. The number of carbonyl (C=O) groups excluding carboxylic acids is 1. The first-order valence-corrected chi connectivity index (χ1v) is 5.42. The number of carbonyl (C=O) groups is 1. The molecular formula is C11H8BrN3O. The van der Waals surface area contributed by atoms with Crippen molar-refractivity contribution in [1.82, 2.24) is 15.0 Å². The van der Waals surface area contributed by atoms with Crippen LogP contribution in [0.2, 0.25) is 0 Å². The number of nitrogens with zero attached hydrogens (tertiary/aromatic N) is 3. The van der Waals surface area contributed by atoms with Crippen LogP contribution in [0.15, 0.2) is 41.5 Å². The molecule has 2 aromatic heterocycles. The number of aromatic nitrogens is 3. The molecule has 1 unspecified atom stereocenters. The summed E-state index contributed by atoms with van der Waals surface area (Å²) in [5, 5.41) is 0. The third-order valence-electron chi connectivity index (χ3n) is 2.14. The third kappa shape index (κ3) is 2.30. The van der Waals surface area contributed by atoms with Gasteiger partial charge in [0.2, 0.25) is 0 Å². The molecule has 2 rings (SSSR count). The summed E-state index contributed by atoms with van der Waals surface area (Å²) in [7, 11) is 0. The molecule has 2 heterocycles. The van der Waals surface area contributed by atoms with E-state index in [0.29, 0.717) is 5.69 Å². The van der Waals surface area contributed by atoms with E-state index in [4.69, 9.17) is 0 Å². The van der Waals surface area contributed by atoms with E-state index in [1.54, 1.807) is 24.7 Å². The molecule has 0 fully saturated rings. The van der Waals surface area contributed by atoms with E-state index in [-0.39, 0.29) is 0 Å². The van der Waals surface area contributed by atoms with Gasteiger partial charge in [-0.1, -0.05) is 0 Å². The topological polar surface area (TPSA) is 55.7 Å². The van der Waals surface area contributed by atoms with E-state index in [1.807, 2.05) is 6.07 Å². The lowest BCUT2D eigenvalue weighted by atomic mass is 10.00. The van der Waals surface area contributed by atoms with Crippen LogP contribution < -0.4 is 0 Å². The summed E-state index contributed by atoms with van der Waals surface area (Å²) in [5.74, 6) is -0.408. The fourth-order valence-corrected chi connectivity index (χ4v) is 1.60. The second-order valence-corrected chi connectivity index (χ2v) is 4.10. The van der Waals surface area contributed by atoms with Crippen molar-refractivity contribution in [1.29, 1.82) is 0 Å². The minimum Gasteiger partial charge on any atom is -0.302 e. The number of pyridine rings is 1. The molecule has 0 N–H and O–H groups in total. The average molecular weight is 278 g/mol. The van der Waals surface area contributed by atoms with Crippen LogP contribution in [0.1, 0.15) is 17.2 Å². The Morgan fingerprint density at radius 1 is 1.19 bits per heavy atom. The second-order valence-electron chi connectivity index (χ2n) is 3.19. The zero-order chi connectivity index (χ0) is 11.4. The van der Waals surface area contributed by atoms with Gasteiger partial charge in [-0.15, -0.1) is 0 Å². The molecule has 0 aliphatic heterocycles. The zero-order valence-electron chi connectivity index (χ0n) is 8.25. The van der Waals surface area contributed by atoms with E-state index in [1.165, 1.54) is 6.33 Å². The van der Waals surface area contributed by atoms with Gasteiger partial charge in [0.05, 0.1) is 11.6 Å². The van der Waals surface area contributed by atoms with Crippen molar-refractivity contribution in [3.63, 3.8) is 0 Å². The Morgan fingerprint density at radius 2 is 1.94 bits per heavy atom. The first kappa shape index (κ1) is 10.9. The Kier molecular flexibility index (Phi) is 3.36. The minimum atomic E-state index is -0.408. The summed E-state index contributed by atoms with van der Waals surface area (Å²) in [5.41, 5.74) is 1.43. The van der Waals surface area contributed by atoms with E-state index in [9.17, 15) is 4.79 Å². The molecule has 5 heteroatoms. The van der Waals surface area contributed by atoms with Crippen LogP contribution in [-0.4, -0.2) is 21.2 Å². The predicted octanol–water partition coefficient (Wildman–Crippen LogP) is 1.96. The van der Waals surface area contributed by atoms with Crippen LogP contribution in [0.3, 0.4) is 0 Å². The number of hydrogen-bond donors (Lipinski definition) is 0. The monoisotopic (exact) mass is 277 g/mol. The molecule has 0 saturated heterocycles. The van der Waals surface area contributed by atoms with Gasteiger partial charge in [-0.3, -0.25) is 4.98 Å². The van der Waals surface area contributed by atoms with Gasteiger partial charge < -0.3 is 4.79 Å². The molecule has 4 nitrogen and oxygen atoms in total. The summed E-state index contributed by atoms with van der Waals surface area (Å²) in [6.45, 7) is 0. The Hall–Kier alpha value is -1.62. The summed E-state index contributed by atoms with van der Waals surface area (Å²) >= 11 is 3.30. The lowest BCUT2D eigenvalue weighted by Crippen LogP contribution is -2.05. The van der Waals surface area contributed by atoms with Crippen LogP contribution in [0, 0.1) is 0 Å². The molecule has 0 amide bonds. The normalized spacial score (nSPS) is 12.1. The van der Waals surface area contributed by atoms with E-state index >= 15 is 0 Å². The highest BCUT2D eigenvalue weighted by atomic mass is 79.9. The standard InChI is InChI=1S/C11H8BrN3O/c12-9-1-2-11(15-5-9)10(6-16)8-3-13-7-14-4-8/h1-7,10H. The van der Waals surface area contributed by atoms with Crippen LogP contribution in [-0.2, 0) is 4.79 Å². The molecule has 0 radical (unpaired) electrons. The van der Waals surface area contributed by atoms with E-state index in [0.717, 1.165) is 16.3 Å². The first-order valence-electron chi connectivity index (χ1n) is 4.63. The summed E-state index contributed by atoms with van der Waals surface area (Å²) < 4.78 is 0.880. The molecule has 0 spiro atoms. The molecule has 1 atom stereocenters. The van der Waals surface area contributed by atoms with Gasteiger partial charge in [0.25, 0.3) is 0 Å². The minimum absolute atomic E-state index is 0.408. The maximum Gasteiger partial charge on any atom is 0.133 e. The maximum absolute atomic E-state index is 11.1. The average Bonchev–Trinajstić information content (AvgIpc) is 2.34. The fraction of sp³-hybridized carbons (Fsp3) is 0.0909. The lowest BCUT2D eigenvalue weighted by molar-refractivity contribution is -0.108. The van der Waals surface area contributed by atoms with Gasteiger partial charge in [-0.2, -0.15) is 0 Å². The van der Waals surface area contributed by atoms with Gasteiger partial charge in [-0.25, -0.2) is 9.97 Å². The van der Waals surface area contributed by atoms with Crippen molar-refractivity contribution in [2.75, 3.05) is 0 Å². The fourth-order valence-electron chi connectivity index (χ4n) is 1.36. The molecule has 0 aliphatic rings. The molecule has 0 aliphatic carbocycles. The smallest absolute Gasteiger partial charge is 0.133 e. The quantitative estimate of drug-likeness (QED) is 0.805. The Labute approximate surface area is 101 Å². The zero-order valence-corrected chi connectivity index (χ0v) is 9.83. The van der Waals surface area contributed by atoms with Gasteiger partial charge in [-0.05, 0) is 28.1 Å². The highest BCUT2D eigenvalue weighted by molar-refractivity contribution is 9.10. The van der Waals surface area contributed by atoms with Gasteiger partial charge >= 0.3 is 0 Å². The molecule has 0 bridgehead atoms. The summed E-state index contributed by atoms with van der Waals surface area (Å²) in [6.07, 6.45) is 7.18. The van der Waals surface area contributed by atoms with Crippen molar-refractivity contribution >= 4 is 22.2 Å². The predicted molar refractivity (Wildman–Crippen MR) is 61.9 cm³/mol. The molecule has 16 heavy (non-hydrogen) atoms. The largest absolute Gasteiger partial charge is 0.302 e. The van der Waals surface area contributed by atoms with E-state index in [2.05, 4.69) is 30.9 Å². The highest BCUT2D eigenvalue weighted by Gasteiger charge is 2.14. The van der Waals surface area contributed by atoms with Crippen LogP contribution in [0.25, 0.3) is 0 Å². The van der Waals surface area contributed by atoms with Crippen molar-refractivity contribution in [2.24, 2.45) is 0 Å². The maximum atomic E-state index is 11.1. The SMILES string of the molecule is O=CC(c1cncnc1)c1ccc(Br)cn1. The first-order chi connectivity index (χ1) is 7.81. The number of aldehydes is 1. The van der Waals surface area contributed by atoms with E-state index < -0.39 is 5.92 Å². The molecule has 0 aromatic carbocycles. The van der Waals surface area contributed by atoms with Crippen molar-refractivity contribution in [2.45, 2.75) is 5.92 Å². The number of rotatable bonds is 3. The Bertz CT molecular complexity index is 472. The number of halogens is 1. The van der Waals surface area contributed by atoms with Crippen LogP contribution in [0.5, 0.6) is 0 Å². The second kappa shape index (κ2) is 4.94. The van der Waals surface area contributed by atoms with Crippen LogP contribution in [0.4, 0.5) is 0 Å². The molecule has 2 aromatic rings. The molecular weight excluding hydrogens is 270 g/mol. The highest BCUT2D eigenvalue weighted by Crippen LogP contribution is 2.20. The van der Waals surface area contributed by atoms with Crippen molar-refractivity contribution in [3.8, 4) is 0 Å². The Balaban J connectivity index is 2.37. The summed E-state index contributed by atoms with van der Waals surface area (Å²) in [4.78, 5) is 23.1. The van der Waals surface area contributed by atoms with Crippen molar-refractivity contribution < 1.29 is 4.79 Å². The van der Waals surface area contributed by atoms with Crippen LogP contribution >= 0.6 is 15.9 Å². The molecule has 0 saturated carbocycles. The van der Waals surface area contributed by atoms with Gasteiger partial charge in [0.15, 0.2) is 0 Å². The van der Waals surface area contributed by atoms with Gasteiger partial charge in [0, 0.05) is 28.6 Å².